The molecule has 88 valence electrons. The van der Waals surface area contributed by atoms with Crippen LogP contribution in [0.4, 0.5) is 10.1 Å². The third kappa shape index (κ3) is 3.17. The summed E-state index contributed by atoms with van der Waals surface area (Å²) in [5.41, 5.74) is 1.70. The fourth-order valence-corrected chi connectivity index (χ4v) is 1.40. The Morgan fingerprint density at radius 2 is 2.18 bits per heavy atom. The normalized spacial score (nSPS) is 10.0. The molecule has 4 heteroatoms. The van der Waals surface area contributed by atoms with Crippen LogP contribution in [0.1, 0.15) is 5.56 Å². The quantitative estimate of drug-likeness (QED) is 0.880. The average molecular weight is 232 g/mol. The largest absolute Gasteiger partial charge is 0.473 e. The van der Waals surface area contributed by atoms with Crippen molar-refractivity contribution < 1.29 is 9.13 Å². The number of nitrogens with one attached hydrogen (secondary N) is 1. The SMILES string of the molecule is CNc1ccc(OCc2cccc(F)c2)nc1. The number of rotatable bonds is 4. The summed E-state index contributed by atoms with van der Waals surface area (Å²) < 4.78 is 18.4. The van der Waals surface area contributed by atoms with Gasteiger partial charge in [0.05, 0.1) is 11.9 Å². The molecular formula is C13H13FN2O. The van der Waals surface area contributed by atoms with Crippen LogP contribution < -0.4 is 10.1 Å². The number of ether oxygens (including phenoxy) is 1. The van der Waals surface area contributed by atoms with Crippen LogP contribution in [-0.4, -0.2) is 12.0 Å². The Hall–Kier alpha value is -2.10. The highest BCUT2D eigenvalue weighted by molar-refractivity contribution is 5.41. The van der Waals surface area contributed by atoms with Gasteiger partial charge in [0.15, 0.2) is 0 Å². The van der Waals surface area contributed by atoms with Crippen LogP contribution in [0, 0.1) is 5.82 Å². The number of nitrogens with zero attached hydrogens (tertiary/aromatic N) is 1. The van der Waals surface area contributed by atoms with Crippen molar-refractivity contribution in [1.82, 2.24) is 4.98 Å². The Bertz CT molecular complexity index is 485. The Balaban J connectivity index is 1.97. The summed E-state index contributed by atoms with van der Waals surface area (Å²) >= 11 is 0. The van der Waals surface area contributed by atoms with Crippen molar-refractivity contribution in [3.8, 4) is 5.88 Å². The molecule has 0 amide bonds. The molecule has 0 atom stereocenters. The number of pyridine rings is 1. The number of anilines is 1. The Labute approximate surface area is 99.3 Å². The highest BCUT2D eigenvalue weighted by Gasteiger charge is 1.98. The predicted molar refractivity (Wildman–Crippen MR) is 64.5 cm³/mol. The molecule has 17 heavy (non-hydrogen) atoms. The zero-order valence-corrected chi connectivity index (χ0v) is 9.48. The van der Waals surface area contributed by atoms with E-state index in [2.05, 4.69) is 10.3 Å². The van der Waals surface area contributed by atoms with Crippen molar-refractivity contribution in [2.24, 2.45) is 0 Å². The van der Waals surface area contributed by atoms with Gasteiger partial charge >= 0.3 is 0 Å². The number of benzene rings is 1. The highest BCUT2D eigenvalue weighted by atomic mass is 19.1. The molecule has 1 N–H and O–H groups in total. The van der Waals surface area contributed by atoms with Gasteiger partial charge in [0.2, 0.25) is 5.88 Å². The van der Waals surface area contributed by atoms with Gasteiger partial charge < -0.3 is 10.1 Å². The number of halogens is 1. The average Bonchev–Trinajstić information content (AvgIpc) is 2.37. The minimum Gasteiger partial charge on any atom is -0.473 e. The van der Waals surface area contributed by atoms with E-state index < -0.39 is 0 Å². The lowest BCUT2D eigenvalue weighted by molar-refractivity contribution is 0.293. The van der Waals surface area contributed by atoms with E-state index in [1.165, 1.54) is 12.1 Å². The molecule has 2 rings (SSSR count). The van der Waals surface area contributed by atoms with E-state index >= 15 is 0 Å². The molecule has 1 aromatic carbocycles. The maximum absolute atomic E-state index is 12.9. The molecule has 0 spiro atoms. The molecule has 1 heterocycles. The monoisotopic (exact) mass is 232 g/mol. The van der Waals surface area contributed by atoms with Gasteiger partial charge in [0.25, 0.3) is 0 Å². The molecular weight excluding hydrogens is 219 g/mol. The summed E-state index contributed by atoms with van der Waals surface area (Å²) in [6, 6.07) is 9.96. The third-order valence-electron chi connectivity index (χ3n) is 2.30. The Morgan fingerprint density at radius 1 is 1.29 bits per heavy atom. The molecule has 0 fully saturated rings. The number of hydrogen-bond acceptors (Lipinski definition) is 3. The van der Waals surface area contributed by atoms with Gasteiger partial charge in [0, 0.05) is 13.1 Å². The van der Waals surface area contributed by atoms with Crippen molar-refractivity contribution >= 4 is 5.69 Å². The lowest BCUT2D eigenvalue weighted by Gasteiger charge is -2.06. The molecule has 0 saturated carbocycles. The molecule has 0 saturated heterocycles. The Kier molecular flexibility index (Phi) is 3.55. The summed E-state index contributed by atoms with van der Waals surface area (Å²) in [5, 5.41) is 2.97. The van der Waals surface area contributed by atoms with Gasteiger partial charge in [-0.2, -0.15) is 0 Å². The second kappa shape index (κ2) is 5.30. The lowest BCUT2D eigenvalue weighted by Crippen LogP contribution is -1.98. The predicted octanol–water partition coefficient (Wildman–Crippen LogP) is 2.84. The van der Waals surface area contributed by atoms with Crippen molar-refractivity contribution in [1.29, 1.82) is 0 Å². The fraction of sp³-hybridized carbons (Fsp3) is 0.154. The molecule has 0 radical (unpaired) electrons. The molecule has 2 aromatic rings. The van der Waals surface area contributed by atoms with E-state index in [-0.39, 0.29) is 5.82 Å². The number of hydrogen-bond donors (Lipinski definition) is 1. The second-order valence-corrected chi connectivity index (χ2v) is 3.55. The summed E-state index contributed by atoms with van der Waals surface area (Å²) in [4.78, 5) is 4.11. The first-order chi connectivity index (χ1) is 8.28. The molecule has 0 aliphatic heterocycles. The minimum atomic E-state index is -0.260. The van der Waals surface area contributed by atoms with Gasteiger partial charge in [0.1, 0.15) is 12.4 Å². The fourth-order valence-electron chi connectivity index (χ4n) is 1.40. The molecule has 0 unspecified atom stereocenters. The lowest BCUT2D eigenvalue weighted by atomic mass is 10.2. The van der Waals surface area contributed by atoms with Crippen molar-refractivity contribution in [2.45, 2.75) is 6.61 Å². The van der Waals surface area contributed by atoms with E-state index in [9.17, 15) is 4.39 Å². The molecule has 0 bridgehead atoms. The second-order valence-electron chi connectivity index (χ2n) is 3.55. The Morgan fingerprint density at radius 3 is 2.82 bits per heavy atom. The zero-order chi connectivity index (χ0) is 12.1. The van der Waals surface area contributed by atoms with Crippen LogP contribution in [0.3, 0.4) is 0 Å². The highest BCUT2D eigenvalue weighted by Crippen LogP contribution is 2.13. The van der Waals surface area contributed by atoms with Crippen LogP contribution in [0.2, 0.25) is 0 Å². The van der Waals surface area contributed by atoms with Crippen LogP contribution in [0.5, 0.6) is 5.88 Å². The third-order valence-corrected chi connectivity index (χ3v) is 2.30. The topological polar surface area (TPSA) is 34.1 Å². The van der Waals surface area contributed by atoms with E-state index in [4.69, 9.17) is 4.74 Å². The van der Waals surface area contributed by atoms with Crippen LogP contribution >= 0.6 is 0 Å². The van der Waals surface area contributed by atoms with E-state index in [1.807, 2.05) is 19.2 Å². The van der Waals surface area contributed by atoms with Gasteiger partial charge in [-0.25, -0.2) is 9.37 Å². The van der Waals surface area contributed by atoms with Crippen LogP contribution in [0.15, 0.2) is 42.6 Å². The van der Waals surface area contributed by atoms with Gasteiger partial charge in [-0.05, 0) is 23.8 Å². The summed E-state index contributed by atoms with van der Waals surface area (Å²) in [7, 11) is 1.82. The summed E-state index contributed by atoms with van der Waals surface area (Å²) in [6.45, 7) is 0.309. The first-order valence-corrected chi connectivity index (χ1v) is 5.29. The van der Waals surface area contributed by atoms with Crippen molar-refractivity contribution in [3.05, 3.63) is 54.0 Å². The molecule has 0 aliphatic rings. The van der Waals surface area contributed by atoms with Crippen molar-refractivity contribution in [3.63, 3.8) is 0 Å². The van der Waals surface area contributed by atoms with E-state index in [1.54, 1.807) is 18.3 Å². The van der Waals surface area contributed by atoms with Crippen LogP contribution in [0.25, 0.3) is 0 Å². The first kappa shape index (κ1) is 11.4. The zero-order valence-electron chi connectivity index (χ0n) is 9.48. The first-order valence-electron chi connectivity index (χ1n) is 5.29. The van der Waals surface area contributed by atoms with Crippen molar-refractivity contribution in [2.75, 3.05) is 12.4 Å². The number of aromatic nitrogens is 1. The van der Waals surface area contributed by atoms with Crippen LogP contribution in [-0.2, 0) is 6.61 Å². The molecule has 1 aromatic heterocycles. The smallest absolute Gasteiger partial charge is 0.213 e. The van der Waals surface area contributed by atoms with Gasteiger partial charge in [-0.15, -0.1) is 0 Å². The summed E-state index contributed by atoms with van der Waals surface area (Å²) in [5.74, 6) is 0.262. The van der Waals surface area contributed by atoms with E-state index in [0.29, 0.717) is 12.5 Å². The van der Waals surface area contributed by atoms with Gasteiger partial charge in [-0.3, -0.25) is 0 Å². The maximum atomic E-state index is 12.9. The minimum absolute atomic E-state index is 0.260. The molecule has 3 nitrogen and oxygen atoms in total. The standard InChI is InChI=1S/C13H13FN2O/c1-15-12-5-6-13(16-8-12)17-9-10-3-2-4-11(14)7-10/h2-8,15H,9H2,1H3. The summed E-state index contributed by atoms with van der Waals surface area (Å²) in [6.07, 6.45) is 1.68. The van der Waals surface area contributed by atoms with Gasteiger partial charge in [-0.1, -0.05) is 12.1 Å². The maximum Gasteiger partial charge on any atom is 0.213 e. The van der Waals surface area contributed by atoms with E-state index in [0.717, 1.165) is 11.3 Å². The molecule has 0 aliphatic carbocycles.